The van der Waals surface area contributed by atoms with Crippen molar-refractivity contribution < 1.29 is 29.0 Å². The Labute approximate surface area is 181 Å². The molecule has 0 bridgehead atoms. The number of aliphatic carboxylic acids is 1. The number of nitrogens with one attached hydrogen (secondary N) is 1. The predicted molar refractivity (Wildman–Crippen MR) is 117 cm³/mol. The molecule has 0 aliphatic heterocycles. The maximum atomic E-state index is 11.2. The molecule has 0 saturated carbocycles. The number of carboxylic acid groups (broad SMARTS) is 1. The Bertz CT molecular complexity index is 496. The van der Waals surface area contributed by atoms with Crippen LogP contribution in [-0.2, 0) is 23.9 Å². The first kappa shape index (κ1) is 30.4. The van der Waals surface area contributed by atoms with Crippen LogP contribution in [0.1, 0.15) is 91.9 Å². The molecule has 0 amide bonds. The van der Waals surface area contributed by atoms with Gasteiger partial charge in [0.25, 0.3) is 5.78 Å². The second kappa shape index (κ2) is 20.5. The molecular weight excluding hydrogens is 388 g/mol. The summed E-state index contributed by atoms with van der Waals surface area (Å²) in [6, 6.07) is -1.43. The summed E-state index contributed by atoms with van der Waals surface area (Å²) in [4.78, 5) is 43.8. The van der Waals surface area contributed by atoms with E-state index in [1.165, 1.54) is 13.3 Å². The van der Waals surface area contributed by atoms with Gasteiger partial charge >= 0.3 is 11.9 Å². The zero-order valence-electron chi connectivity index (χ0n) is 19.2. The van der Waals surface area contributed by atoms with E-state index in [9.17, 15) is 19.2 Å². The number of hydrogen-bond donors (Lipinski definition) is 3. The lowest BCUT2D eigenvalue weighted by Gasteiger charge is -2.12. The molecule has 30 heavy (non-hydrogen) atoms. The summed E-state index contributed by atoms with van der Waals surface area (Å²) in [7, 11) is 0. The van der Waals surface area contributed by atoms with Crippen molar-refractivity contribution in [2.45, 2.75) is 104 Å². The van der Waals surface area contributed by atoms with Crippen molar-refractivity contribution in [2.75, 3.05) is 13.2 Å². The Balaban J connectivity index is 0. The van der Waals surface area contributed by atoms with E-state index < -0.39 is 29.8 Å². The number of rotatable bonds is 17. The van der Waals surface area contributed by atoms with Crippen molar-refractivity contribution in [3.05, 3.63) is 0 Å². The lowest BCUT2D eigenvalue weighted by molar-refractivity contribution is -0.154. The summed E-state index contributed by atoms with van der Waals surface area (Å²) in [5.41, 5.74) is 5.42. The first-order chi connectivity index (χ1) is 14.2. The molecule has 0 aromatic heterocycles. The first-order valence-corrected chi connectivity index (χ1v) is 11.1. The lowest BCUT2D eigenvalue weighted by atomic mass is 10.1. The number of carbonyl (C=O) groups is 4. The fourth-order valence-electron chi connectivity index (χ4n) is 2.46. The van der Waals surface area contributed by atoms with Gasteiger partial charge in [0.2, 0.25) is 0 Å². The van der Waals surface area contributed by atoms with Crippen LogP contribution >= 0.6 is 0 Å². The van der Waals surface area contributed by atoms with E-state index >= 15 is 0 Å². The maximum absolute atomic E-state index is 11.2. The molecule has 0 spiro atoms. The van der Waals surface area contributed by atoms with Crippen LogP contribution in [0, 0.1) is 0 Å². The molecule has 0 heterocycles. The minimum atomic E-state index is -0.944. The van der Waals surface area contributed by atoms with Crippen molar-refractivity contribution in [1.82, 2.24) is 5.32 Å². The third kappa shape index (κ3) is 18.2. The van der Waals surface area contributed by atoms with E-state index in [4.69, 9.17) is 15.6 Å². The highest BCUT2D eigenvalue weighted by molar-refractivity contribution is 6.35. The van der Waals surface area contributed by atoms with Crippen LogP contribution in [0.4, 0.5) is 0 Å². The number of ketones is 2. The summed E-state index contributed by atoms with van der Waals surface area (Å²) in [6.45, 7) is 8.40. The molecule has 0 rings (SSSR count). The lowest BCUT2D eigenvalue weighted by Crippen LogP contribution is -2.38. The molecule has 8 nitrogen and oxygen atoms in total. The van der Waals surface area contributed by atoms with Gasteiger partial charge in [0.15, 0.2) is 0 Å². The van der Waals surface area contributed by atoms with Crippen LogP contribution in [0.25, 0.3) is 0 Å². The second-order valence-corrected chi connectivity index (χ2v) is 7.39. The Morgan fingerprint density at radius 3 is 1.97 bits per heavy atom. The van der Waals surface area contributed by atoms with Crippen molar-refractivity contribution in [3.63, 3.8) is 0 Å². The number of carbonyl (C=O) groups excluding carboxylic acids is 3. The molecule has 0 aliphatic rings. The number of hydrogen-bond acceptors (Lipinski definition) is 7. The van der Waals surface area contributed by atoms with Crippen molar-refractivity contribution in [3.8, 4) is 0 Å². The third-order valence-corrected chi connectivity index (χ3v) is 4.42. The number of nitrogens with two attached hydrogens (primary N) is 1. The van der Waals surface area contributed by atoms with E-state index in [0.717, 1.165) is 44.9 Å². The molecule has 0 radical (unpaired) electrons. The standard InChI is InChI=1S/2C11H21NO3/c1-3-4-5-6-7-12-10(11(14)15)8-9(2)13;1-3-5-6-7-8-15-11(14)10(13)9(12)4-2/h10,12H,3-8H2,1-2H3,(H,14,15);9H,3-8,12H2,1-2H3. The van der Waals surface area contributed by atoms with Gasteiger partial charge in [-0.15, -0.1) is 0 Å². The van der Waals surface area contributed by atoms with E-state index in [-0.39, 0.29) is 12.2 Å². The molecule has 0 aromatic carbocycles. The fourth-order valence-corrected chi connectivity index (χ4v) is 2.46. The highest BCUT2D eigenvalue weighted by Crippen LogP contribution is 2.01. The third-order valence-electron chi connectivity index (χ3n) is 4.42. The first-order valence-electron chi connectivity index (χ1n) is 11.1. The molecule has 4 N–H and O–H groups in total. The molecule has 2 atom stereocenters. The quantitative estimate of drug-likeness (QED) is 0.182. The Hall–Kier alpha value is -1.80. The van der Waals surface area contributed by atoms with Gasteiger partial charge in [0.05, 0.1) is 12.6 Å². The van der Waals surface area contributed by atoms with Crippen molar-refractivity contribution in [1.29, 1.82) is 0 Å². The van der Waals surface area contributed by atoms with Gasteiger partial charge in [0.1, 0.15) is 11.8 Å². The fraction of sp³-hybridized carbons (Fsp3) is 0.818. The van der Waals surface area contributed by atoms with Gasteiger partial charge in [-0.2, -0.15) is 0 Å². The zero-order chi connectivity index (χ0) is 23.4. The number of carboxylic acids is 1. The molecule has 176 valence electrons. The number of unbranched alkanes of at least 4 members (excludes halogenated alkanes) is 6. The van der Waals surface area contributed by atoms with Crippen LogP contribution in [0.3, 0.4) is 0 Å². The molecule has 0 aromatic rings. The van der Waals surface area contributed by atoms with Crippen molar-refractivity contribution in [2.24, 2.45) is 5.73 Å². The average molecular weight is 431 g/mol. The Morgan fingerprint density at radius 1 is 0.933 bits per heavy atom. The minimum absolute atomic E-state index is 0.0725. The zero-order valence-corrected chi connectivity index (χ0v) is 19.2. The predicted octanol–water partition coefficient (Wildman–Crippen LogP) is 3.00. The second-order valence-electron chi connectivity index (χ2n) is 7.39. The van der Waals surface area contributed by atoms with E-state index in [1.807, 2.05) is 0 Å². The van der Waals surface area contributed by atoms with Crippen LogP contribution in [0.2, 0.25) is 0 Å². The van der Waals surface area contributed by atoms with Gasteiger partial charge in [-0.05, 0) is 32.7 Å². The highest BCUT2D eigenvalue weighted by Gasteiger charge is 2.21. The number of esters is 1. The van der Waals surface area contributed by atoms with Gasteiger partial charge in [-0.1, -0.05) is 59.3 Å². The summed E-state index contributed by atoms with van der Waals surface area (Å²) < 4.78 is 4.80. The van der Waals surface area contributed by atoms with E-state index in [0.29, 0.717) is 19.6 Å². The molecule has 2 unspecified atom stereocenters. The van der Waals surface area contributed by atoms with E-state index in [1.54, 1.807) is 6.92 Å². The largest absolute Gasteiger partial charge is 0.480 e. The van der Waals surface area contributed by atoms with Crippen LogP contribution in [-0.4, -0.2) is 53.8 Å². The van der Waals surface area contributed by atoms with Gasteiger partial charge < -0.3 is 20.9 Å². The average Bonchev–Trinajstić information content (AvgIpc) is 2.71. The normalized spacial score (nSPS) is 12.3. The SMILES string of the molecule is CCCCCCNC(CC(C)=O)C(=O)O.CCCCCCOC(=O)C(=O)C(N)CC. The molecule has 0 aliphatic carbocycles. The van der Waals surface area contributed by atoms with Crippen LogP contribution < -0.4 is 11.1 Å². The van der Waals surface area contributed by atoms with Gasteiger partial charge in [-0.3, -0.25) is 14.4 Å². The van der Waals surface area contributed by atoms with E-state index in [2.05, 4.69) is 19.2 Å². The summed E-state index contributed by atoms with van der Waals surface area (Å²) in [5, 5.41) is 11.7. The van der Waals surface area contributed by atoms with Gasteiger partial charge in [-0.25, -0.2) is 4.79 Å². The highest BCUT2D eigenvalue weighted by atomic mass is 16.5. The maximum Gasteiger partial charge on any atom is 0.376 e. The Morgan fingerprint density at radius 2 is 1.50 bits per heavy atom. The number of ether oxygens (including phenoxy) is 1. The molecule has 0 fully saturated rings. The van der Waals surface area contributed by atoms with Crippen LogP contribution in [0.15, 0.2) is 0 Å². The Kier molecular flexibility index (Phi) is 20.7. The van der Waals surface area contributed by atoms with Gasteiger partial charge in [0, 0.05) is 6.42 Å². The monoisotopic (exact) mass is 430 g/mol. The van der Waals surface area contributed by atoms with Crippen LogP contribution in [0.5, 0.6) is 0 Å². The van der Waals surface area contributed by atoms with Crippen molar-refractivity contribution >= 4 is 23.5 Å². The summed E-state index contributed by atoms with van der Waals surface area (Å²) >= 11 is 0. The summed E-state index contributed by atoms with van der Waals surface area (Å²) in [5.74, 6) is -2.45. The topological polar surface area (TPSA) is 136 Å². The molecular formula is C22H42N2O6. The molecule has 0 saturated heterocycles. The molecule has 8 heteroatoms. The minimum Gasteiger partial charge on any atom is -0.480 e. The summed E-state index contributed by atoms with van der Waals surface area (Å²) in [6.07, 6.45) is 9.04. The number of Topliss-reactive ketones (excluding diaryl/α,β-unsaturated/α-hetero) is 2. The smallest absolute Gasteiger partial charge is 0.376 e.